The molecular weight excluding hydrogens is 210 g/mol. The van der Waals surface area contributed by atoms with Gasteiger partial charge in [-0.1, -0.05) is 0 Å². The highest BCUT2D eigenvalue weighted by Crippen LogP contribution is 2.25. The molecule has 1 rings (SSSR count). The third-order valence-electron chi connectivity index (χ3n) is 2.07. The van der Waals surface area contributed by atoms with E-state index in [1.807, 2.05) is 6.07 Å². The number of aliphatic hydroxyl groups is 1. The number of hydrogen-bond donors (Lipinski definition) is 1. The highest BCUT2D eigenvalue weighted by molar-refractivity contribution is 5.95. The highest BCUT2D eigenvalue weighted by Gasteiger charge is 2.19. The largest absolute Gasteiger partial charge is 0.496 e. The number of rotatable bonds is 3. The molecule has 0 aliphatic heterocycles. The smallest absolute Gasteiger partial charge is 0.343 e. The lowest BCUT2D eigenvalue weighted by molar-refractivity contribution is 0.0596. The van der Waals surface area contributed by atoms with Crippen molar-refractivity contribution in [3.05, 3.63) is 28.8 Å². The Hall–Kier alpha value is -2.06. The molecule has 0 saturated heterocycles. The number of ether oxygens (including phenoxy) is 2. The van der Waals surface area contributed by atoms with Gasteiger partial charge in [-0.3, -0.25) is 0 Å². The molecule has 1 N–H and O–H groups in total. The summed E-state index contributed by atoms with van der Waals surface area (Å²) in [6, 6.07) is 4.79. The number of nitrogens with zero attached hydrogens (tertiary/aromatic N) is 1. The zero-order valence-corrected chi connectivity index (χ0v) is 8.98. The number of methoxy groups -OCH3 is 2. The topological polar surface area (TPSA) is 79.6 Å². The van der Waals surface area contributed by atoms with E-state index in [0.717, 1.165) is 0 Å². The molecule has 84 valence electrons. The first-order valence-electron chi connectivity index (χ1n) is 4.48. The van der Waals surface area contributed by atoms with Gasteiger partial charge in [-0.15, -0.1) is 0 Å². The number of aliphatic hydroxyl groups excluding tert-OH is 1. The van der Waals surface area contributed by atoms with Crippen molar-refractivity contribution >= 4 is 5.97 Å². The van der Waals surface area contributed by atoms with E-state index in [4.69, 9.17) is 15.1 Å². The molecule has 0 heterocycles. The molecule has 0 fully saturated rings. The maximum absolute atomic E-state index is 11.5. The maximum Gasteiger partial charge on any atom is 0.343 e. The van der Waals surface area contributed by atoms with Crippen molar-refractivity contribution in [3.8, 4) is 11.8 Å². The normalized spacial score (nSPS) is 9.38. The van der Waals surface area contributed by atoms with Gasteiger partial charge < -0.3 is 14.6 Å². The van der Waals surface area contributed by atoms with Crippen molar-refractivity contribution < 1.29 is 19.4 Å². The average Bonchev–Trinajstić information content (AvgIpc) is 2.35. The van der Waals surface area contributed by atoms with Gasteiger partial charge >= 0.3 is 5.97 Å². The number of esters is 1. The van der Waals surface area contributed by atoms with Gasteiger partial charge in [0.15, 0.2) is 0 Å². The van der Waals surface area contributed by atoms with Gasteiger partial charge in [0.25, 0.3) is 0 Å². The van der Waals surface area contributed by atoms with E-state index in [1.54, 1.807) is 0 Å². The number of carbonyl (C=O) groups excluding carboxylic acids is 1. The monoisotopic (exact) mass is 221 g/mol. The van der Waals surface area contributed by atoms with Crippen LogP contribution >= 0.6 is 0 Å². The number of benzene rings is 1. The van der Waals surface area contributed by atoms with Crippen molar-refractivity contribution in [3.63, 3.8) is 0 Å². The van der Waals surface area contributed by atoms with E-state index in [-0.39, 0.29) is 23.5 Å². The summed E-state index contributed by atoms with van der Waals surface area (Å²) in [6.45, 7) is -0.230. The zero-order chi connectivity index (χ0) is 12.1. The lowest BCUT2D eigenvalue weighted by atomic mass is 10.0. The Morgan fingerprint density at radius 2 is 2.19 bits per heavy atom. The summed E-state index contributed by atoms with van der Waals surface area (Å²) in [4.78, 5) is 11.5. The molecule has 5 nitrogen and oxygen atoms in total. The van der Waals surface area contributed by atoms with Crippen molar-refractivity contribution in [2.45, 2.75) is 6.61 Å². The first kappa shape index (κ1) is 12.0. The van der Waals surface area contributed by atoms with Crippen LogP contribution in [0.3, 0.4) is 0 Å². The van der Waals surface area contributed by atoms with Crippen LogP contribution in [0.2, 0.25) is 0 Å². The summed E-state index contributed by atoms with van der Waals surface area (Å²) in [5, 5.41) is 17.9. The fourth-order valence-electron chi connectivity index (χ4n) is 1.33. The van der Waals surface area contributed by atoms with Crippen molar-refractivity contribution in [1.82, 2.24) is 0 Å². The molecule has 0 aromatic heterocycles. The van der Waals surface area contributed by atoms with Crippen molar-refractivity contribution in [2.75, 3.05) is 14.2 Å². The van der Waals surface area contributed by atoms with Crippen LogP contribution in [0.4, 0.5) is 0 Å². The minimum absolute atomic E-state index is 0.0738. The van der Waals surface area contributed by atoms with Crippen LogP contribution in [0, 0.1) is 11.3 Å². The predicted octanol–water partition coefficient (Wildman–Crippen LogP) is 0.846. The number of carbonyl (C=O) groups is 1. The fourth-order valence-corrected chi connectivity index (χ4v) is 1.33. The zero-order valence-electron chi connectivity index (χ0n) is 8.98. The van der Waals surface area contributed by atoms with Crippen LogP contribution in [0.25, 0.3) is 0 Å². The number of hydrogen-bond acceptors (Lipinski definition) is 5. The molecule has 0 saturated carbocycles. The molecule has 0 aliphatic carbocycles. The molecule has 0 atom stereocenters. The second-order valence-corrected chi connectivity index (χ2v) is 2.98. The first-order valence-corrected chi connectivity index (χ1v) is 4.48. The summed E-state index contributed by atoms with van der Waals surface area (Å²) < 4.78 is 9.55. The SMILES string of the molecule is COC(=O)c1c(C#N)cc(CO)cc1OC. The Morgan fingerprint density at radius 1 is 1.50 bits per heavy atom. The third-order valence-corrected chi connectivity index (χ3v) is 2.07. The molecule has 0 spiro atoms. The van der Waals surface area contributed by atoms with Crippen LogP contribution in [0.15, 0.2) is 12.1 Å². The van der Waals surface area contributed by atoms with E-state index < -0.39 is 5.97 Å². The van der Waals surface area contributed by atoms with Crippen LogP contribution < -0.4 is 4.74 Å². The summed E-state index contributed by atoms with van der Waals surface area (Å²) in [5.41, 5.74) is 0.695. The fraction of sp³-hybridized carbons (Fsp3) is 0.273. The maximum atomic E-state index is 11.5. The summed E-state index contributed by atoms with van der Waals surface area (Å²) in [6.07, 6.45) is 0. The number of nitriles is 1. The van der Waals surface area contributed by atoms with Crippen LogP contribution in [0.5, 0.6) is 5.75 Å². The van der Waals surface area contributed by atoms with E-state index in [1.165, 1.54) is 26.4 Å². The second kappa shape index (κ2) is 5.14. The lowest BCUT2D eigenvalue weighted by Gasteiger charge is -2.10. The van der Waals surface area contributed by atoms with Gasteiger partial charge in [0, 0.05) is 0 Å². The van der Waals surface area contributed by atoms with Crippen molar-refractivity contribution in [2.24, 2.45) is 0 Å². The molecule has 0 radical (unpaired) electrons. The molecular formula is C11H11NO4. The Kier molecular flexibility index (Phi) is 3.86. The van der Waals surface area contributed by atoms with Crippen LogP contribution in [-0.4, -0.2) is 25.3 Å². The minimum atomic E-state index is -0.641. The Balaban J connectivity index is 3.45. The molecule has 0 bridgehead atoms. The summed E-state index contributed by atoms with van der Waals surface area (Å²) >= 11 is 0. The van der Waals surface area contributed by atoms with E-state index in [2.05, 4.69) is 4.74 Å². The van der Waals surface area contributed by atoms with Crippen LogP contribution in [0.1, 0.15) is 21.5 Å². The van der Waals surface area contributed by atoms with Crippen LogP contribution in [-0.2, 0) is 11.3 Å². The first-order chi connectivity index (χ1) is 7.67. The molecule has 0 unspecified atom stereocenters. The molecule has 16 heavy (non-hydrogen) atoms. The van der Waals surface area contributed by atoms with E-state index >= 15 is 0 Å². The third kappa shape index (κ3) is 2.12. The van der Waals surface area contributed by atoms with Gasteiger partial charge in [0.05, 0.1) is 26.4 Å². The second-order valence-electron chi connectivity index (χ2n) is 2.98. The molecule has 1 aromatic rings. The average molecular weight is 221 g/mol. The quantitative estimate of drug-likeness (QED) is 0.765. The Bertz CT molecular complexity index is 448. The van der Waals surface area contributed by atoms with Crippen molar-refractivity contribution in [1.29, 1.82) is 5.26 Å². The molecule has 5 heteroatoms. The molecule has 0 amide bonds. The van der Waals surface area contributed by atoms with Gasteiger partial charge in [0.1, 0.15) is 17.4 Å². The standard InChI is InChI=1S/C11H11NO4/c1-15-9-4-7(6-13)3-8(5-12)10(9)11(14)16-2/h3-4,13H,6H2,1-2H3. The van der Waals surface area contributed by atoms with E-state index in [0.29, 0.717) is 5.56 Å². The van der Waals surface area contributed by atoms with Gasteiger partial charge in [-0.05, 0) is 17.7 Å². The minimum Gasteiger partial charge on any atom is -0.496 e. The van der Waals surface area contributed by atoms with E-state index in [9.17, 15) is 4.79 Å². The Labute approximate surface area is 92.8 Å². The molecule has 0 aliphatic rings. The summed E-state index contributed by atoms with van der Waals surface area (Å²) in [5.74, 6) is -0.423. The Morgan fingerprint density at radius 3 is 2.62 bits per heavy atom. The summed E-state index contributed by atoms with van der Waals surface area (Å²) in [7, 11) is 2.60. The molecule has 1 aromatic carbocycles. The highest BCUT2D eigenvalue weighted by atomic mass is 16.5. The van der Waals surface area contributed by atoms with Gasteiger partial charge in [0.2, 0.25) is 0 Å². The van der Waals surface area contributed by atoms with Gasteiger partial charge in [-0.2, -0.15) is 5.26 Å². The lowest BCUT2D eigenvalue weighted by Crippen LogP contribution is -2.08. The van der Waals surface area contributed by atoms with Gasteiger partial charge in [-0.25, -0.2) is 4.79 Å². The predicted molar refractivity (Wildman–Crippen MR) is 55.0 cm³/mol.